The number of carbonyl (C=O) groups excluding carboxylic acids is 1. The molecule has 8 nitrogen and oxygen atoms in total. The molecule has 1 saturated heterocycles. The van der Waals surface area contributed by atoms with Gasteiger partial charge in [-0.3, -0.25) is 9.59 Å². The lowest BCUT2D eigenvalue weighted by Gasteiger charge is -2.27. The fourth-order valence-electron chi connectivity index (χ4n) is 3.30. The Morgan fingerprint density at radius 3 is 2.67 bits per heavy atom. The predicted octanol–water partition coefficient (Wildman–Crippen LogP) is 2.64. The van der Waals surface area contributed by atoms with Gasteiger partial charge in [0.1, 0.15) is 0 Å². The molecule has 1 N–H and O–H groups in total. The van der Waals surface area contributed by atoms with E-state index in [1.165, 1.54) is 4.68 Å². The van der Waals surface area contributed by atoms with Gasteiger partial charge in [0.25, 0.3) is 11.5 Å². The maximum absolute atomic E-state index is 12.8. The molecule has 2 aromatic heterocycles. The van der Waals surface area contributed by atoms with E-state index in [0.29, 0.717) is 10.8 Å². The molecule has 0 bridgehead atoms. The molecular formula is C21H23N5O3S. The third-order valence-electron chi connectivity index (χ3n) is 4.83. The number of ether oxygens (including phenoxy) is 1. The van der Waals surface area contributed by atoms with Crippen molar-refractivity contribution in [1.82, 2.24) is 15.2 Å². The highest BCUT2D eigenvalue weighted by Crippen LogP contribution is 2.25. The Morgan fingerprint density at radius 2 is 1.93 bits per heavy atom. The van der Waals surface area contributed by atoms with E-state index < -0.39 is 5.91 Å². The maximum Gasteiger partial charge on any atom is 0.292 e. The van der Waals surface area contributed by atoms with Gasteiger partial charge < -0.3 is 9.64 Å². The van der Waals surface area contributed by atoms with Crippen molar-refractivity contribution in [3.05, 3.63) is 57.3 Å². The average molecular weight is 426 g/mol. The van der Waals surface area contributed by atoms with E-state index in [0.717, 1.165) is 36.2 Å². The molecule has 1 amide bonds. The van der Waals surface area contributed by atoms with Gasteiger partial charge in [0.2, 0.25) is 0 Å². The van der Waals surface area contributed by atoms with E-state index in [4.69, 9.17) is 4.74 Å². The normalized spacial score (nSPS) is 14.7. The third kappa shape index (κ3) is 4.12. The quantitative estimate of drug-likeness (QED) is 0.501. The molecule has 1 aromatic carbocycles. The van der Waals surface area contributed by atoms with Crippen LogP contribution in [0.4, 0.5) is 5.00 Å². The summed E-state index contributed by atoms with van der Waals surface area (Å²) < 4.78 is 6.71. The Morgan fingerprint density at radius 1 is 1.20 bits per heavy atom. The Kier molecular flexibility index (Phi) is 5.91. The molecule has 9 heteroatoms. The molecule has 0 saturated carbocycles. The van der Waals surface area contributed by atoms with Gasteiger partial charge in [-0.15, -0.1) is 11.3 Å². The largest absolute Gasteiger partial charge is 0.378 e. The van der Waals surface area contributed by atoms with Gasteiger partial charge in [-0.2, -0.15) is 10.2 Å². The summed E-state index contributed by atoms with van der Waals surface area (Å²) in [5.74, 6) is -0.457. The third-order valence-corrected chi connectivity index (χ3v) is 5.91. The van der Waals surface area contributed by atoms with Crippen molar-refractivity contribution in [2.75, 3.05) is 31.2 Å². The molecular weight excluding hydrogens is 402 g/mol. The van der Waals surface area contributed by atoms with Gasteiger partial charge in [-0.05, 0) is 32.0 Å². The van der Waals surface area contributed by atoms with Gasteiger partial charge in [-0.1, -0.05) is 18.2 Å². The van der Waals surface area contributed by atoms with Crippen molar-refractivity contribution in [3.8, 4) is 0 Å². The number of hydrogen-bond donors (Lipinski definition) is 1. The summed E-state index contributed by atoms with van der Waals surface area (Å²) >= 11 is 1.61. The molecule has 156 valence electrons. The van der Waals surface area contributed by atoms with Crippen molar-refractivity contribution in [1.29, 1.82) is 0 Å². The van der Waals surface area contributed by atoms with Crippen molar-refractivity contribution in [2.24, 2.45) is 5.10 Å². The van der Waals surface area contributed by atoms with Crippen LogP contribution in [0.1, 0.15) is 35.3 Å². The van der Waals surface area contributed by atoms with Gasteiger partial charge in [0.05, 0.1) is 35.9 Å². The highest BCUT2D eigenvalue weighted by Gasteiger charge is 2.17. The zero-order valence-electron chi connectivity index (χ0n) is 16.9. The summed E-state index contributed by atoms with van der Waals surface area (Å²) in [5.41, 5.74) is 2.50. The zero-order valence-corrected chi connectivity index (χ0v) is 17.7. The molecule has 30 heavy (non-hydrogen) atoms. The van der Waals surface area contributed by atoms with Crippen molar-refractivity contribution < 1.29 is 9.53 Å². The van der Waals surface area contributed by atoms with Crippen LogP contribution >= 0.6 is 11.3 Å². The molecule has 0 radical (unpaired) electrons. The van der Waals surface area contributed by atoms with Crippen molar-refractivity contribution in [3.63, 3.8) is 0 Å². The first-order valence-electron chi connectivity index (χ1n) is 9.82. The standard InChI is InChI=1S/C21H23N5O3S/c1-14(2)26-21(28)17-6-4-3-5-16(17)19(24-26)20(27)23-22-13-15-7-8-18(30-15)25-9-11-29-12-10-25/h3-8,13-14H,9-12H2,1-2H3,(H,23,27)/b22-13+. The second-order valence-corrected chi connectivity index (χ2v) is 8.31. The predicted molar refractivity (Wildman–Crippen MR) is 119 cm³/mol. The van der Waals surface area contributed by atoms with Gasteiger partial charge in [-0.25, -0.2) is 10.1 Å². The minimum atomic E-state index is -0.457. The summed E-state index contributed by atoms with van der Waals surface area (Å²) in [5, 5.41) is 10.5. The average Bonchev–Trinajstić information content (AvgIpc) is 3.23. The van der Waals surface area contributed by atoms with E-state index in [2.05, 4.69) is 20.5 Å². The number of hydrazone groups is 1. The van der Waals surface area contributed by atoms with Crippen LogP contribution in [0.25, 0.3) is 10.8 Å². The number of benzene rings is 1. The van der Waals surface area contributed by atoms with E-state index in [-0.39, 0.29) is 17.3 Å². The second kappa shape index (κ2) is 8.76. The first-order chi connectivity index (χ1) is 14.5. The van der Waals surface area contributed by atoms with Gasteiger partial charge in [0, 0.05) is 23.4 Å². The molecule has 0 aliphatic carbocycles. The number of amides is 1. The van der Waals surface area contributed by atoms with E-state index >= 15 is 0 Å². The monoisotopic (exact) mass is 425 g/mol. The smallest absolute Gasteiger partial charge is 0.292 e. The highest BCUT2D eigenvalue weighted by atomic mass is 32.1. The number of nitrogens with zero attached hydrogens (tertiary/aromatic N) is 4. The highest BCUT2D eigenvalue weighted by molar-refractivity contribution is 7.17. The Labute approximate surface area is 177 Å². The molecule has 1 aliphatic rings. The van der Waals surface area contributed by atoms with E-state index in [1.807, 2.05) is 26.0 Å². The van der Waals surface area contributed by atoms with Crippen molar-refractivity contribution >= 4 is 39.2 Å². The number of nitrogens with one attached hydrogen (secondary N) is 1. The molecule has 0 spiro atoms. The van der Waals surface area contributed by atoms with Gasteiger partial charge in [0.15, 0.2) is 5.69 Å². The Bertz CT molecular complexity index is 1140. The van der Waals surface area contributed by atoms with Crippen LogP contribution < -0.4 is 15.9 Å². The number of carbonyl (C=O) groups is 1. The summed E-state index contributed by atoms with van der Waals surface area (Å²) in [6.07, 6.45) is 1.62. The summed E-state index contributed by atoms with van der Waals surface area (Å²) in [6.45, 7) is 6.92. The lowest BCUT2D eigenvalue weighted by molar-refractivity contribution is 0.0949. The van der Waals surface area contributed by atoms with E-state index in [9.17, 15) is 9.59 Å². The molecule has 3 aromatic rings. The number of aromatic nitrogens is 2. The number of morpholine rings is 1. The lowest BCUT2D eigenvalue weighted by Crippen LogP contribution is -2.35. The SMILES string of the molecule is CC(C)n1nc(C(=O)N/N=C/c2ccc(N3CCOCC3)s2)c2ccccc2c1=O. The number of hydrogen-bond acceptors (Lipinski definition) is 7. The van der Waals surface area contributed by atoms with Crippen LogP contribution in [0.2, 0.25) is 0 Å². The maximum atomic E-state index is 12.8. The fourth-order valence-corrected chi connectivity index (χ4v) is 4.23. The molecule has 3 heterocycles. The topological polar surface area (TPSA) is 88.8 Å². The summed E-state index contributed by atoms with van der Waals surface area (Å²) in [4.78, 5) is 28.6. The summed E-state index contributed by atoms with van der Waals surface area (Å²) in [7, 11) is 0. The fraction of sp³-hybridized carbons (Fsp3) is 0.333. The van der Waals surface area contributed by atoms with Crippen molar-refractivity contribution in [2.45, 2.75) is 19.9 Å². The lowest BCUT2D eigenvalue weighted by atomic mass is 10.1. The number of thiophene rings is 1. The van der Waals surface area contributed by atoms with Crippen LogP contribution in [-0.4, -0.2) is 48.2 Å². The number of anilines is 1. The molecule has 1 aliphatic heterocycles. The number of fused-ring (bicyclic) bond motifs is 1. The van der Waals surface area contributed by atoms with E-state index in [1.54, 1.807) is 41.8 Å². The minimum Gasteiger partial charge on any atom is -0.378 e. The second-order valence-electron chi connectivity index (χ2n) is 7.21. The van der Waals surface area contributed by atoms with Crippen LogP contribution in [0.5, 0.6) is 0 Å². The zero-order chi connectivity index (χ0) is 21.1. The minimum absolute atomic E-state index is 0.165. The molecule has 0 atom stereocenters. The van der Waals surface area contributed by atoms with Crippen LogP contribution in [0, 0.1) is 0 Å². The Balaban J connectivity index is 1.53. The molecule has 1 fully saturated rings. The van der Waals surface area contributed by atoms with Crippen LogP contribution in [0.3, 0.4) is 0 Å². The summed E-state index contributed by atoms with van der Waals surface area (Å²) in [6, 6.07) is 10.8. The first kappa shape index (κ1) is 20.2. The Hall–Kier alpha value is -3.04. The number of rotatable bonds is 5. The first-order valence-corrected chi connectivity index (χ1v) is 10.6. The molecule has 0 unspecified atom stereocenters. The van der Waals surface area contributed by atoms with Crippen LogP contribution in [-0.2, 0) is 4.74 Å². The van der Waals surface area contributed by atoms with Gasteiger partial charge >= 0.3 is 0 Å². The molecule has 4 rings (SSSR count). The van der Waals surface area contributed by atoms with Crippen LogP contribution in [0.15, 0.2) is 46.3 Å².